The minimum atomic E-state index is -0.236. The fourth-order valence-electron chi connectivity index (χ4n) is 4.29. The van der Waals surface area contributed by atoms with Crippen molar-refractivity contribution in [3.8, 4) is 0 Å². The summed E-state index contributed by atoms with van der Waals surface area (Å²) >= 11 is 1.56. The molecule has 7 nitrogen and oxygen atoms in total. The highest BCUT2D eigenvalue weighted by molar-refractivity contribution is 7.99. The number of rotatable bonds is 4. The van der Waals surface area contributed by atoms with Crippen LogP contribution in [0.1, 0.15) is 49.9 Å². The highest BCUT2D eigenvalue weighted by Gasteiger charge is 2.34. The van der Waals surface area contributed by atoms with Gasteiger partial charge in [-0.3, -0.25) is 19.0 Å². The SMILES string of the molecule is CCOC(=O)[C@H]1CCCN(C(=O)C[C@@H]2CSc3nc4c(c(=O)n32)CCC4)C1. The van der Waals surface area contributed by atoms with Gasteiger partial charge in [0.05, 0.1) is 24.3 Å². The second kappa shape index (κ2) is 7.66. The number of nitrogens with zero attached hydrogens (tertiary/aromatic N) is 3. The zero-order valence-corrected chi connectivity index (χ0v) is 16.4. The van der Waals surface area contributed by atoms with Gasteiger partial charge in [0.2, 0.25) is 5.91 Å². The molecule has 1 aliphatic carbocycles. The Hall–Kier alpha value is -1.83. The molecule has 4 rings (SSSR count). The number of carbonyl (C=O) groups is 2. The summed E-state index contributed by atoms with van der Waals surface area (Å²) in [4.78, 5) is 44.2. The molecule has 1 saturated heterocycles. The molecule has 8 heteroatoms. The van der Waals surface area contributed by atoms with Crippen LogP contribution in [0, 0.1) is 5.92 Å². The molecule has 0 N–H and O–H groups in total. The molecule has 0 bridgehead atoms. The number of piperidine rings is 1. The maximum absolute atomic E-state index is 12.9. The minimum absolute atomic E-state index is 0.00912. The first kappa shape index (κ1) is 18.5. The van der Waals surface area contributed by atoms with Gasteiger partial charge < -0.3 is 9.64 Å². The van der Waals surface area contributed by atoms with Crippen LogP contribution in [0.4, 0.5) is 0 Å². The molecule has 146 valence electrons. The first-order valence-corrected chi connectivity index (χ1v) is 10.8. The van der Waals surface area contributed by atoms with E-state index in [2.05, 4.69) is 4.98 Å². The summed E-state index contributed by atoms with van der Waals surface area (Å²) in [6.45, 7) is 3.24. The molecule has 0 spiro atoms. The summed E-state index contributed by atoms with van der Waals surface area (Å²) in [5.41, 5.74) is 1.82. The van der Waals surface area contributed by atoms with E-state index in [4.69, 9.17) is 4.74 Å². The zero-order chi connectivity index (χ0) is 19.0. The number of aromatic nitrogens is 2. The van der Waals surface area contributed by atoms with Crippen LogP contribution < -0.4 is 5.56 Å². The van der Waals surface area contributed by atoms with E-state index in [0.717, 1.165) is 48.5 Å². The normalized spacial score (nSPS) is 23.8. The molecule has 0 radical (unpaired) electrons. The predicted octanol–water partition coefficient (Wildman–Crippen LogP) is 1.57. The molecule has 2 atom stereocenters. The molecule has 0 aromatic carbocycles. The monoisotopic (exact) mass is 391 g/mol. The Bertz CT molecular complexity index is 822. The lowest BCUT2D eigenvalue weighted by molar-refractivity contribution is -0.151. The second-order valence-electron chi connectivity index (χ2n) is 7.45. The highest BCUT2D eigenvalue weighted by atomic mass is 32.2. The Morgan fingerprint density at radius 3 is 2.96 bits per heavy atom. The zero-order valence-electron chi connectivity index (χ0n) is 15.6. The quantitative estimate of drug-likeness (QED) is 0.572. The number of hydrogen-bond donors (Lipinski definition) is 0. The fourth-order valence-corrected chi connectivity index (χ4v) is 5.44. The van der Waals surface area contributed by atoms with Gasteiger partial charge in [-0.1, -0.05) is 11.8 Å². The van der Waals surface area contributed by atoms with Crippen molar-refractivity contribution in [2.24, 2.45) is 5.92 Å². The standard InChI is InChI=1S/C19H25N3O4S/c1-2-26-18(25)12-5-4-8-21(10-12)16(23)9-13-11-27-19-20-15-7-3-6-14(15)17(24)22(13)19/h12-13H,2-11H2,1H3/t12-,13+/m0/s1. The first-order valence-electron chi connectivity index (χ1n) is 9.80. The van der Waals surface area contributed by atoms with Gasteiger partial charge in [-0.25, -0.2) is 4.98 Å². The van der Waals surface area contributed by atoms with Gasteiger partial charge in [0.1, 0.15) is 0 Å². The summed E-state index contributed by atoms with van der Waals surface area (Å²) in [7, 11) is 0. The van der Waals surface area contributed by atoms with E-state index >= 15 is 0 Å². The number of thioether (sulfide) groups is 1. The number of esters is 1. The molecule has 3 heterocycles. The van der Waals surface area contributed by atoms with Gasteiger partial charge in [-0.2, -0.15) is 0 Å². The van der Waals surface area contributed by atoms with Gasteiger partial charge in [0.15, 0.2) is 5.16 Å². The largest absolute Gasteiger partial charge is 0.466 e. The maximum Gasteiger partial charge on any atom is 0.310 e. The third-order valence-electron chi connectivity index (χ3n) is 5.68. The van der Waals surface area contributed by atoms with Crippen LogP contribution in [-0.4, -0.2) is 51.8 Å². The molecular formula is C19H25N3O4S. The Morgan fingerprint density at radius 2 is 2.15 bits per heavy atom. The molecule has 0 saturated carbocycles. The molecule has 0 unspecified atom stereocenters. The van der Waals surface area contributed by atoms with Crippen molar-refractivity contribution < 1.29 is 14.3 Å². The van der Waals surface area contributed by atoms with E-state index in [1.54, 1.807) is 28.2 Å². The molecule has 1 aromatic rings. The average Bonchev–Trinajstić information content (AvgIpc) is 3.30. The van der Waals surface area contributed by atoms with Gasteiger partial charge in [-0.15, -0.1) is 0 Å². The van der Waals surface area contributed by atoms with Crippen molar-refractivity contribution in [2.75, 3.05) is 25.4 Å². The number of ether oxygens (including phenoxy) is 1. The molecule has 1 aromatic heterocycles. The van der Waals surface area contributed by atoms with Gasteiger partial charge in [-0.05, 0) is 39.0 Å². The Kier molecular flexibility index (Phi) is 5.25. The molecule has 3 aliphatic rings. The highest BCUT2D eigenvalue weighted by Crippen LogP contribution is 2.34. The number of amides is 1. The van der Waals surface area contributed by atoms with E-state index in [1.807, 2.05) is 0 Å². The number of likely N-dealkylation sites (tertiary alicyclic amines) is 1. The lowest BCUT2D eigenvalue weighted by Gasteiger charge is -2.32. The van der Waals surface area contributed by atoms with Crippen molar-refractivity contribution in [1.29, 1.82) is 0 Å². The summed E-state index contributed by atoms with van der Waals surface area (Å²) in [6, 6.07) is -0.147. The summed E-state index contributed by atoms with van der Waals surface area (Å²) in [5, 5.41) is 0.751. The molecular weight excluding hydrogens is 366 g/mol. The second-order valence-corrected chi connectivity index (χ2v) is 8.44. The van der Waals surface area contributed by atoms with Crippen LogP contribution in [-0.2, 0) is 27.2 Å². The fraction of sp³-hybridized carbons (Fsp3) is 0.684. The van der Waals surface area contributed by atoms with Crippen molar-refractivity contribution in [3.63, 3.8) is 0 Å². The van der Waals surface area contributed by atoms with Crippen LogP contribution in [0.15, 0.2) is 9.95 Å². The Labute approximate surface area is 162 Å². The van der Waals surface area contributed by atoms with Crippen molar-refractivity contribution in [3.05, 3.63) is 21.6 Å². The van der Waals surface area contributed by atoms with Crippen molar-refractivity contribution in [2.45, 2.75) is 56.6 Å². The predicted molar refractivity (Wildman–Crippen MR) is 101 cm³/mol. The van der Waals surface area contributed by atoms with E-state index in [0.29, 0.717) is 25.4 Å². The smallest absolute Gasteiger partial charge is 0.310 e. The number of carbonyl (C=O) groups excluding carboxylic acids is 2. The topological polar surface area (TPSA) is 81.5 Å². The average molecular weight is 391 g/mol. The van der Waals surface area contributed by atoms with Crippen LogP contribution >= 0.6 is 11.8 Å². The van der Waals surface area contributed by atoms with E-state index in [-0.39, 0.29) is 35.8 Å². The summed E-state index contributed by atoms with van der Waals surface area (Å²) < 4.78 is 6.85. The van der Waals surface area contributed by atoms with Gasteiger partial charge in [0.25, 0.3) is 5.56 Å². The minimum Gasteiger partial charge on any atom is -0.466 e. The van der Waals surface area contributed by atoms with E-state index < -0.39 is 0 Å². The van der Waals surface area contributed by atoms with Crippen LogP contribution in [0.25, 0.3) is 0 Å². The number of fused-ring (bicyclic) bond motifs is 2. The summed E-state index contributed by atoms with van der Waals surface area (Å²) in [6.07, 6.45) is 4.51. The third-order valence-corrected chi connectivity index (χ3v) is 6.77. The van der Waals surface area contributed by atoms with Gasteiger partial charge in [0, 0.05) is 30.8 Å². The third kappa shape index (κ3) is 3.51. The summed E-state index contributed by atoms with van der Waals surface area (Å²) in [5.74, 6) is 0.259. The molecule has 1 fully saturated rings. The number of aryl methyl sites for hydroxylation is 1. The lowest BCUT2D eigenvalue weighted by atomic mass is 9.97. The Morgan fingerprint density at radius 1 is 1.30 bits per heavy atom. The Balaban J connectivity index is 1.46. The maximum atomic E-state index is 12.9. The molecule has 27 heavy (non-hydrogen) atoms. The number of hydrogen-bond acceptors (Lipinski definition) is 6. The van der Waals surface area contributed by atoms with Crippen molar-refractivity contribution >= 4 is 23.6 Å². The molecule has 2 aliphatic heterocycles. The van der Waals surface area contributed by atoms with E-state index in [1.165, 1.54) is 0 Å². The van der Waals surface area contributed by atoms with Gasteiger partial charge >= 0.3 is 5.97 Å². The van der Waals surface area contributed by atoms with Crippen LogP contribution in [0.5, 0.6) is 0 Å². The first-order chi connectivity index (χ1) is 13.1. The van der Waals surface area contributed by atoms with E-state index in [9.17, 15) is 14.4 Å². The van der Waals surface area contributed by atoms with Crippen LogP contribution in [0.2, 0.25) is 0 Å². The van der Waals surface area contributed by atoms with Crippen LogP contribution in [0.3, 0.4) is 0 Å². The lowest BCUT2D eigenvalue weighted by Crippen LogP contribution is -2.43. The molecule has 1 amide bonds. The van der Waals surface area contributed by atoms with Crippen molar-refractivity contribution in [1.82, 2.24) is 14.5 Å².